The summed E-state index contributed by atoms with van der Waals surface area (Å²) in [6.07, 6.45) is 8.61. The summed E-state index contributed by atoms with van der Waals surface area (Å²) in [5.41, 5.74) is 3.58. The largest absolute Gasteiger partial charge is 0.388 e. The number of aromatic amines is 1. The molecule has 0 spiro atoms. The fourth-order valence-electron chi connectivity index (χ4n) is 6.14. The molecule has 0 aliphatic heterocycles. The summed E-state index contributed by atoms with van der Waals surface area (Å²) in [4.78, 5) is 25.4. The lowest BCUT2D eigenvalue weighted by Crippen LogP contribution is -2.47. The average molecular weight is 501 g/mol. The number of nitrogens with zero attached hydrogens (tertiary/aromatic N) is 2. The van der Waals surface area contributed by atoms with Crippen LogP contribution in [0.2, 0.25) is 0 Å². The Hall–Kier alpha value is -3.32. The molecule has 192 valence electrons. The van der Waals surface area contributed by atoms with Gasteiger partial charge in [-0.2, -0.15) is 0 Å². The first-order chi connectivity index (χ1) is 17.9. The van der Waals surface area contributed by atoms with Gasteiger partial charge in [-0.25, -0.2) is 9.37 Å². The van der Waals surface area contributed by atoms with Crippen molar-refractivity contribution in [1.82, 2.24) is 20.3 Å². The number of fused-ring (bicyclic) bond motifs is 2. The first-order valence-corrected chi connectivity index (χ1v) is 13.4. The van der Waals surface area contributed by atoms with Gasteiger partial charge in [0.1, 0.15) is 11.6 Å². The highest BCUT2D eigenvalue weighted by atomic mass is 19.1. The predicted molar refractivity (Wildman–Crippen MR) is 142 cm³/mol. The third kappa shape index (κ3) is 4.73. The summed E-state index contributed by atoms with van der Waals surface area (Å²) in [5.74, 6) is 1.74. The maximum Gasteiger partial charge on any atom is 0.251 e. The van der Waals surface area contributed by atoms with Crippen LogP contribution in [-0.2, 0) is 0 Å². The van der Waals surface area contributed by atoms with Crippen LogP contribution >= 0.6 is 0 Å². The van der Waals surface area contributed by atoms with Gasteiger partial charge >= 0.3 is 0 Å². The van der Waals surface area contributed by atoms with E-state index in [1.807, 2.05) is 24.4 Å². The van der Waals surface area contributed by atoms with E-state index in [2.05, 4.69) is 28.3 Å². The summed E-state index contributed by atoms with van der Waals surface area (Å²) in [6.45, 7) is 2.52. The van der Waals surface area contributed by atoms with Crippen LogP contribution in [-0.4, -0.2) is 38.1 Å². The molecule has 2 saturated carbocycles. The monoisotopic (exact) mass is 500 g/mol. The number of pyridine rings is 1. The molecule has 2 fully saturated rings. The predicted octanol–water partition coefficient (Wildman–Crippen LogP) is 5.97. The molecule has 2 aliphatic rings. The molecular formula is C30H33FN4O2. The van der Waals surface area contributed by atoms with Crippen LogP contribution < -0.4 is 5.32 Å². The lowest BCUT2D eigenvalue weighted by Gasteiger charge is -2.36. The minimum Gasteiger partial charge on any atom is -0.388 e. The number of rotatable bonds is 6. The molecule has 7 heteroatoms. The van der Waals surface area contributed by atoms with Gasteiger partial charge in [0.15, 0.2) is 0 Å². The first-order valence-electron chi connectivity index (χ1n) is 13.4. The lowest BCUT2D eigenvalue weighted by atomic mass is 9.73. The molecule has 3 N–H and O–H groups in total. The van der Waals surface area contributed by atoms with Crippen molar-refractivity contribution < 1.29 is 14.3 Å². The van der Waals surface area contributed by atoms with E-state index in [0.717, 1.165) is 72.7 Å². The Morgan fingerprint density at radius 1 is 1.14 bits per heavy atom. The number of hydrogen-bond acceptors (Lipinski definition) is 4. The minimum atomic E-state index is -0.742. The number of imidazole rings is 1. The summed E-state index contributed by atoms with van der Waals surface area (Å²) in [6, 6.07) is 12.4. The fraction of sp³-hybridized carbons (Fsp3) is 0.433. The smallest absolute Gasteiger partial charge is 0.251 e. The van der Waals surface area contributed by atoms with E-state index in [1.54, 1.807) is 12.1 Å². The van der Waals surface area contributed by atoms with Gasteiger partial charge in [0, 0.05) is 29.6 Å². The average Bonchev–Trinajstić information content (AvgIpc) is 3.33. The molecule has 1 atom stereocenters. The Labute approximate surface area is 215 Å². The van der Waals surface area contributed by atoms with E-state index in [0.29, 0.717) is 23.9 Å². The molecule has 2 heterocycles. The zero-order valence-corrected chi connectivity index (χ0v) is 21.1. The number of halogens is 1. The highest BCUT2D eigenvalue weighted by Crippen LogP contribution is 2.43. The van der Waals surface area contributed by atoms with Crippen molar-refractivity contribution in [2.45, 2.75) is 69.3 Å². The van der Waals surface area contributed by atoms with Crippen molar-refractivity contribution in [3.05, 3.63) is 71.4 Å². The zero-order chi connectivity index (χ0) is 25.6. The number of aromatic nitrogens is 3. The van der Waals surface area contributed by atoms with Crippen LogP contribution in [0.15, 0.2) is 48.7 Å². The number of amides is 1. The fourth-order valence-corrected chi connectivity index (χ4v) is 6.14. The van der Waals surface area contributed by atoms with Crippen LogP contribution in [0, 0.1) is 11.7 Å². The van der Waals surface area contributed by atoms with Crippen molar-refractivity contribution in [2.24, 2.45) is 5.92 Å². The van der Waals surface area contributed by atoms with E-state index in [4.69, 9.17) is 4.98 Å². The summed E-state index contributed by atoms with van der Waals surface area (Å²) in [7, 11) is 0. The molecule has 6 nitrogen and oxygen atoms in total. The minimum absolute atomic E-state index is 0.179. The van der Waals surface area contributed by atoms with Crippen LogP contribution in [0.3, 0.4) is 0 Å². The van der Waals surface area contributed by atoms with E-state index in [1.165, 1.54) is 11.6 Å². The second kappa shape index (κ2) is 9.53. The van der Waals surface area contributed by atoms with Crippen molar-refractivity contribution in [3.63, 3.8) is 0 Å². The lowest BCUT2D eigenvalue weighted by molar-refractivity contribution is -0.0300. The maximum absolute atomic E-state index is 13.9. The summed E-state index contributed by atoms with van der Waals surface area (Å²) in [5, 5.41) is 14.1. The SMILES string of the molecule is CC(c1nc2cc(C(=O)NCC3(O)CCC3)ccc2[nH]1)[C@H]1CC[C@H](c2ccnc3ccc(F)cc32)CC1. The third-order valence-corrected chi connectivity index (χ3v) is 8.71. The van der Waals surface area contributed by atoms with Gasteiger partial charge in [0.2, 0.25) is 0 Å². The summed E-state index contributed by atoms with van der Waals surface area (Å²) >= 11 is 0. The molecule has 0 saturated heterocycles. The van der Waals surface area contributed by atoms with Crippen molar-refractivity contribution in [2.75, 3.05) is 6.54 Å². The molecule has 0 radical (unpaired) electrons. The summed E-state index contributed by atoms with van der Waals surface area (Å²) < 4.78 is 13.9. The van der Waals surface area contributed by atoms with Gasteiger partial charge in [-0.05, 0) is 105 Å². The second-order valence-corrected chi connectivity index (χ2v) is 11.1. The van der Waals surface area contributed by atoms with Gasteiger partial charge in [-0.3, -0.25) is 9.78 Å². The highest BCUT2D eigenvalue weighted by molar-refractivity contribution is 5.97. The molecule has 2 aromatic heterocycles. The molecular weight excluding hydrogens is 467 g/mol. The quantitative estimate of drug-likeness (QED) is 0.304. The molecule has 2 aromatic carbocycles. The zero-order valence-electron chi connectivity index (χ0n) is 21.1. The van der Waals surface area contributed by atoms with E-state index in [-0.39, 0.29) is 17.6 Å². The Morgan fingerprint density at radius 3 is 2.70 bits per heavy atom. The standard InChI is InChI=1S/C30H33FN4O2/c1-18(19-3-5-20(6-4-19)23-11-14-32-25-10-8-22(31)16-24(23)25)28-34-26-9-7-21(15-27(26)35-28)29(36)33-17-30(37)12-2-13-30/h7-11,14-16,18-20,37H,2-6,12-13,17H2,1H3,(H,33,36)(H,34,35)/t18?,19-,20-. The van der Waals surface area contributed by atoms with Crippen LogP contribution in [0.25, 0.3) is 21.9 Å². The van der Waals surface area contributed by atoms with Crippen molar-refractivity contribution in [3.8, 4) is 0 Å². The van der Waals surface area contributed by atoms with Gasteiger partial charge in [0.05, 0.1) is 22.2 Å². The number of carbonyl (C=O) groups is 1. The second-order valence-electron chi connectivity index (χ2n) is 11.1. The van der Waals surface area contributed by atoms with Gasteiger partial charge in [0.25, 0.3) is 5.91 Å². The molecule has 0 bridgehead atoms. The molecule has 4 aromatic rings. The van der Waals surface area contributed by atoms with Crippen molar-refractivity contribution >= 4 is 27.8 Å². The number of hydrogen-bond donors (Lipinski definition) is 3. The van der Waals surface area contributed by atoms with Crippen LogP contribution in [0.4, 0.5) is 4.39 Å². The molecule has 1 unspecified atom stereocenters. The Balaban J connectivity index is 1.12. The third-order valence-electron chi connectivity index (χ3n) is 8.71. The highest BCUT2D eigenvalue weighted by Gasteiger charge is 2.34. The van der Waals surface area contributed by atoms with Crippen molar-refractivity contribution in [1.29, 1.82) is 0 Å². The number of carbonyl (C=O) groups excluding carboxylic acids is 1. The Bertz CT molecular complexity index is 1450. The van der Waals surface area contributed by atoms with E-state index < -0.39 is 5.60 Å². The van der Waals surface area contributed by atoms with Crippen LogP contribution in [0.5, 0.6) is 0 Å². The molecule has 1 amide bonds. The van der Waals surface area contributed by atoms with Gasteiger partial charge < -0.3 is 15.4 Å². The molecule has 37 heavy (non-hydrogen) atoms. The normalized spacial score (nSPS) is 22.0. The Kier molecular flexibility index (Phi) is 6.19. The maximum atomic E-state index is 13.9. The topological polar surface area (TPSA) is 90.9 Å². The number of benzene rings is 2. The molecule has 2 aliphatic carbocycles. The number of H-pyrrole nitrogens is 1. The van der Waals surface area contributed by atoms with Gasteiger partial charge in [-0.1, -0.05) is 6.92 Å². The number of nitrogens with one attached hydrogen (secondary N) is 2. The first kappa shape index (κ1) is 24.0. The van der Waals surface area contributed by atoms with E-state index >= 15 is 0 Å². The van der Waals surface area contributed by atoms with E-state index in [9.17, 15) is 14.3 Å². The Morgan fingerprint density at radius 2 is 1.95 bits per heavy atom. The number of aliphatic hydroxyl groups is 1. The van der Waals surface area contributed by atoms with Gasteiger partial charge in [-0.15, -0.1) is 0 Å². The molecule has 6 rings (SSSR count). The van der Waals surface area contributed by atoms with Crippen LogP contribution in [0.1, 0.15) is 85.5 Å².